The molecule has 0 saturated carbocycles. The molecule has 0 aromatic heterocycles. The topological polar surface area (TPSA) is 55.6 Å². The van der Waals surface area contributed by atoms with E-state index in [1.54, 1.807) is 0 Å². The van der Waals surface area contributed by atoms with Crippen LogP contribution in [-0.2, 0) is 9.53 Å². The fourth-order valence-electron chi connectivity index (χ4n) is 3.16. The molecule has 136 valence electrons. The number of Topliss-reactive ketones (excluding diaryl/α,β-unsaturated/α-hetero) is 1. The molecule has 1 atom stereocenters. The Kier molecular flexibility index (Phi) is 12.5. The summed E-state index contributed by atoms with van der Waals surface area (Å²) in [6.07, 6.45) is 13.9. The number of morpholine rings is 1. The van der Waals surface area contributed by atoms with Gasteiger partial charge in [0.1, 0.15) is 5.78 Å². The Labute approximate surface area is 143 Å². The van der Waals surface area contributed by atoms with E-state index < -0.39 is 0 Å². The lowest BCUT2D eigenvalue weighted by Gasteiger charge is -2.31. The predicted octanol–water partition coefficient (Wildman–Crippen LogP) is 3.87. The van der Waals surface area contributed by atoms with Crippen molar-refractivity contribution in [1.82, 2.24) is 4.90 Å². The van der Waals surface area contributed by atoms with Gasteiger partial charge in [0.25, 0.3) is 0 Å². The number of carbonyl (C=O) groups excluding carboxylic acids is 1. The molecule has 1 rings (SSSR count). The van der Waals surface area contributed by atoms with E-state index in [1.807, 2.05) is 0 Å². The quantitative estimate of drug-likeness (QED) is 0.492. The molecule has 1 aliphatic rings. The molecule has 0 spiro atoms. The summed E-state index contributed by atoms with van der Waals surface area (Å²) in [6.45, 7) is 5.58. The Morgan fingerprint density at radius 3 is 2.13 bits per heavy atom. The average molecular weight is 327 g/mol. The van der Waals surface area contributed by atoms with Crippen LogP contribution in [0.3, 0.4) is 0 Å². The minimum Gasteiger partial charge on any atom is -0.379 e. The fraction of sp³-hybridized carbons (Fsp3) is 0.947. The van der Waals surface area contributed by atoms with Gasteiger partial charge in [-0.15, -0.1) is 0 Å². The number of ketones is 1. The zero-order valence-corrected chi connectivity index (χ0v) is 15.2. The van der Waals surface area contributed by atoms with Crippen molar-refractivity contribution in [3.8, 4) is 0 Å². The Hall–Kier alpha value is -0.450. The summed E-state index contributed by atoms with van der Waals surface area (Å²) >= 11 is 0. The minimum atomic E-state index is 0.0194. The molecule has 0 radical (unpaired) electrons. The number of unbranched alkanes of at least 4 members (excludes halogenated alkanes) is 8. The van der Waals surface area contributed by atoms with Gasteiger partial charge in [0.05, 0.1) is 19.4 Å². The molecule has 1 fully saturated rings. The molecule has 1 saturated heterocycles. The van der Waals surface area contributed by atoms with Crippen LogP contribution in [0.1, 0.15) is 84.0 Å². The van der Waals surface area contributed by atoms with Gasteiger partial charge in [-0.1, -0.05) is 58.3 Å². The molecular weight excluding hydrogens is 288 g/mol. The Balaban J connectivity index is 1.90. The molecule has 0 amide bonds. The van der Waals surface area contributed by atoms with Crippen LogP contribution in [0.5, 0.6) is 0 Å². The van der Waals surface area contributed by atoms with Crippen LogP contribution in [0, 0.1) is 0 Å². The first-order valence-electron chi connectivity index (χ1n) is 9.83. The molecule has 1 aliphatic heterocycles. The lowest BCUT2D eigenvalue weighted by Crippen LogP contribution is -2.48. The first-order chi connectivity index (χ1) is 11.2. The zero-order valence-electron chi connectivity index (χ0n) is 15.2. The molecule has 0 bridgehead atoms. The predicted molar refractivity (Wildman–Crippen MR) is 96.5 cm³/mol. The van der Waals surface area contributed by atoms with E-state index in [9.17, 15) is 4.79 Å². The molecule has 0 aromatic rings. The summed E-state index contributed by atoms with van der Waals surface area (Å²) in [7, 11) is 0. The van der Waals surface area contributed by atoms with Crippen molar-refractivity contribution in [3.63, 3.8) is 0 Å². The summed E-state index contributed by atoms with van der Waals surface area (Å²) in [5.41, 5.74) is 6.16. The molecule has 0 aromatic carbocycles. The number of nitrogens with two attached hydrogens (primary N) is 1. The van der Waals surface area contributed by atoms with Gasteiger partial charge in [-0.25, -0.2) is 0 Å². The molecule has 2 N–H and O–H groups in total. The second-order valence-electron chi connectivity index (χ2n) is 6.87. The number of rotatable bonds is 14. The van der Waals surface area contributed by atoms with Crippen LogP contribution in [0.2, 0.25) is 0 Å². The van der Waals surface area contributed by atoms with Crippen LogP contribution in [-0.4, -0.2) is 43.2 Å². The summed E-state index contributed by atoms with van der Waals surface area (Å²) < 4.78 is 5.32. The zero-order chi connectivity index (χ0) is 16.8. The van der Waals surface area contributed by atoms with Gasteiger partial charge in [-0.05, 0) is 12.8 Å². The largest absolute Gasteiger partial charge is 0.379 e. The highest BCUT2D eigenvalue weighted by atomic mass is 16.5. The number of ether oxygens (including phenoxy) is 1. The Bertz CT molecular complexity index is 291. The van der Waals surface area contributed by atoms with E-state index in [1.165, 1.54) is 51.4 Å². The molecular formula is C19H38N2O2. The maximum atomic E-state index is 11.9. The third-order valence-electron chi connectivity index (χ3n) is 4.79. The van der Waals surface area contributed by atoms with Gasteiger partial charge in [-0.2, -0.15) is 0 Å². The number of hydrogen-bond acceptors (Lipinski definition) is 4. The van der Waals surface area contributed by atoms with E-state index >= 15 is 0 Å². The van der Waals surface area contributed by atoms with Crippen LogP contribution in [0.25, 0.3) is 0 Å². The first-order valence-corrected chi connectivity index (χ1v) is 9.83. The van der Waals surface area contributed by atoms with Crippen LogP contribution in [0.4, 0.5) is 0 Å². The summed E-state index contributed by atoms with van der Waals surface area (Å²) in [5.74, 6) is 0.386. The second kappa shape index (κ2) is 13.9. The SMILES string of the molecule is CCCCCCCCCCCC(=O)CCC(N)N1CCOCC1. The monoisotopic (exact) mass is 326 g/mol. The van der Waals surface area contributed by atoms with Gasteiger partial charge in [-0.3, -0.25) is 9.69 Å². The second-order valence-corrected chi connectivity index (χ2v) is 6.87. The summed E-state index contributed by atoms with van der Waals surface area (Å²) in [4.78, 5) is 14.2. The number of carbonyl (C=O) groups is 1. The molecule has 1 unspecified atom stereocenters. The van der Waals surface area contributed by atoms with Crippen molar-refractivity contribution in [2.75, 3.05) is 26.3 Å². The number of nitrogens with zero attached hydrogens (tertiary/aromatic N) is 1. The van der Waals surface area contributed by atoms with Crippen molar-refractivity contribution < 1.29 is 9.53 Å². The highest BCUT2D eigenvalue weighted by Gasteiger charge is 2.17. The van der Waals surface area contributed by atoms with Crippen molar-refractivity contribution in [3.05, 3.63) is 0 Å². The molecule has 4 nitrogen and oxygen atoms in total. The van der Waals surface area contributed by atoms with Gasteiger partial charge >= 0.3 is 0 Å². The first kappa shape index (κ1) is 20.6. The molecule has 4 heteroatoms. The molecule has 1 heterocycles. The van der Waals surface area contributed by atoms with E-state index in [4.69, 9.17) is 10.5 Å². The highest BCUT2D eigenvalue weighted by molar-refractivity contribution is 5.78. The van der Waals surface area contributed by atoms with Crippen LogP contribution in [0.15, 0.2) is 0 Å². The van der Waals surface area contributed by atoms with Crippen molar-refractivity contribution in [2.24, 2.45) is 5.73 Å². The van der Waals surface area contributed by atoms with Crippen molar-refractivity contribution >= 4 is 5.78 Å². The summed E-state index contributed by atoms with van der Waals surface area (Å²) in [5, 5.41) is 0. The third kappa shape index (κ3) is 10.9. The highest BCUT2D eigenvalue weighted by Crippen LogP contribution is 2.12. The van der Waals surface area contributed by atoms with Gasteiger partial charge in [0.15, 0.2) is 0 Å². The lowest BCUT2D eigenvalue weighted by molar-refractivity contribution is -0.119. The average Bonchev–Trinajstić information content (AvgIpc) is 2.59. The van der Waals surface area contributed by atoms with Gasteiger partial charge in [0.2, 0.25) is 0 Å². The van der Waals surface area contributed by atoms with E-state index in [-0.39, 0.29) is 6.17 Å². The molecule has 0 aliphatic carbocycles. The smallest absolute Gasteiger partial charge is 0.133 e. The Morgan fingerprint density at radius 2 is 1.52 bits per heavy atom. The van der Waals surface area contributed by atoms with E-state index in [0.29, 0.717) is 12.2 Å². The lowest BCUT2D eigenvalue weighted by atomic mass is 10.0. The fourth-order valence-corrected chi connectivity index (χ4v) is 3.16. The van der Waals surface area contributed by atoms with E-state index in [0.717, 1.165) is 45.6 Å². The standard InChI is InChI=1S/C19H38N2O2/c1-2-3-4-5-6-7-8-9-10-11-18(22)12-13-19(20)21-14-16-23-17-15-21/h19H,2-17,20H2,1H3. The third-order valence-corrected chi connectivity index (χ3v) is 4.79. The van der Waals surface area contributed by atoms with E-state index in [2.05, 4.69) is 11.8 Å². The molecule has 23 heavy (non-hydrogen) atoms. The van der Waals surface area contributed by atoms with Crippen molar-refractivity contribution in [2.45, 2.75) is 90.1 Å². The maximum absolute atomic E-state index is 11.9. The van der Waals surface area contributed by atoms with Crippen LogP contribution >= 0.6 is 0 Å². The van der Waals surface area contributed by atoms with Gasteiger partial charge in [0, 0.05) is 25.9 Å². The maximum Gasteiger partial charge on any atom is 0.133 e. The van der Waals surface area contributed by atoms with Crippen LogP contribution < -0.4 is 5.73 Å². The minimum absolute atomic E-state index is 0.0194. The van der Waals surface area contributed by atoms with Crippen molar-refractivity contribution in [1.29, 1.82) is 0 Å². The summed E-state index contributed by atoms with van der Waals surface area (Å²) in [6, 6.07) is 0. The van der Waals surface area contributed by atoms with Gasteiger partial charge < -0.3 is 10.5 Å². The number of hydrogen-bond donors (Lipinski definition) is 1. The normalized spacial score (nSPS) is 17.3. The Morgan fingerprint density at radius 1 is 0.957 bits per heavy atom.